The van der Waals surface area contributed by atoms with Gasteiger partial charge < -0.3 is 4.90 Å². The predicted octanol–water partition coefficient (Wildman–Crippen LogP) is 2.82. The van der Waals surface area contributed by atoms with Gasteiger partial charge in [-0.25, -0.2) is 0 Å². The molecule has 0 spiro atoms. The van der Waals surface area contributed by atoms with Gasteiger partial charge in [0.25, 0.3) is 0 Å². The number of hydrogen-bond acceptors (Lipinski definition) is 2. The molecule has 2 nitrogen and oxygen atoms in total. The highest BCUT2D eigenvalue weighted by atomic mass is 32.2. The van der Waals surface area contributed by atoms with Crippen LogP contribution in [0.3, 0.4) is 0 Å². The van der Waals surface area contributed by atoms with Gasteiger partial charge in [0.1, 0.15) is 0 Å². The molecule has 1 heterocycles. The Labute approximate surface area is 114 Å². The minimum absolute atomic E-state index is 0.536. The van der Waals surface area contributed by atoms with Gasteiger partial charge in [0.05, 0.1) is 0 Å². The summed E-state index contributed by atoms with van der Waals surface area (Å²) in [5.74, 6) is 3.36. The largest absolute Gasteiger partial charge is 0.303 e. The molecule has 0 N–H and O–H groups in total. The molecule has 0 aromatic carbocycles. The molecule has 104 valence electrons. The summed E-state index contributed by atoms with van der Waals surface area (Å²) >= 11 is 0. The third-order valence-corrected chi connectivity index (χ3v) is 6.21. The summed E-state index contributed by atoms with van der Waals surface area (Å²) in [6.45, 7) is 5.87. The molecular weight excluding hydrogens is 242 g/mol. The Morgan fingerprint density at radius 1 is 1.33 bits per heavy atom. The zero-order valence-corrected chi connectivity index (χ0v) is 12.8. The number of rotatable bonds is 3. The van der Waals surface area contributed by atoms with E-state index >= 15 is 0 Å². The van der Waals surface area contributed by atoms with Crippen molar-refractivity contribution in [3.05, 3.63) is 11.6 Å². The molecule has 0 saturated carbocycles. The second-order valence-electron chi connectivity index (χ2n) is 6.13. The minimum Gasteiger partial charge on any atom is -0.303 e. The number of nitrogens with zero attached hydrogens (tertiary/aromatic N) is 1. The first-order valence-corrected chi connectivity index (χ1v) is 8.78. The van der Waals surface area contributed by atoms with Crippen molar-refractivity contribution in [2.45, 2.75) is 45.6 Å². The summed E-state index contributed by atoms with van der Waals surface area (Å²) in [7, 11) is 1.72. The lowest BCUT2D eigenvalue weighted by molar-refractivity contribution is 0.177. The molecule has 2 atom stereocenters. The first-order valence-electron chi connectivity index (χ1n) is 7.29. The lowest BCUT2D eigenvalue weighted by Gasteiger charge is -2.37. The van der Waals surface area contributed by atoms with E-state index in [1.54, 1.807) is 5.57 Å². The van der Waals surface area contributed by atoms with E-state index in [-0.39, 0.29) is 0 Å². The molecule has 1 fully saturated rings. The van der Waals surface area contributed by atoms with E-state index in [9.17, 15) is 4.21 Å². The maximum absolute atomic E-state index is 11.4. The lowest BCUT2D eigenvalue weighted by Crippen LogP contribution is -2.41. The molecular formula is C15H27NOS. The predicted molar refractivity (Wildman–Crippen MR) is 79.2 cm³/mol. The van der Waals surface area contributed by atoms with Gasteiger partial charge in [-0.3, -0.25) is 4.21 Å². The first-order chi connectivity index (χ1) is 8.58. The van der Waals surface area contributed by atoms with E-state index in [1.807, 2.05) is 0 Å². The Bertz CT molecular complexity index is 329. The highest BCUT2D eigenvalue weighted by Crippen LogP contribution is 2.31. The van der Waals surface area contributed by atoms with Crippen molar-refractivity contribution in [2.24, 2.45) is 11.8 Å². The normalized spacial score (nSPS) is 37.7. The monoisotopic (exact) mass is 269 g/mol. The van der Waals surface area contributed by atoms with Crippen molar-refractivity contribution in [1.29, 1.82) is 0 Å². The van der Waals surface area contributed by atoms with E-state index in [0.717, 1.165) is 36.2 Å². The molecule has 2 rings (SSSR count). The van der Waals surface area contributed by atoms with Crippen LogP contribution in [0.4, 0.5) is 0 Å². The molecule has 0 aromatic rings. The summed E-state index contributed by atoms with van der Waals surface area (Å²) in [4.78, 5) is 2.53. The van der Waals surface area contributed by atoms with Crippen LogP contribution in [-0.2, 0) is 10.8 Å². The molecule has 1 saturated heterocycles. The van der Waals surface area contributed by atoms with E-state index in [4.69, 9.17) is 0 Å². The van der Waals surface area contributed by atoms with Crippen molar-refractivity contribution >= 4 is 10.8 Å². The molecule has 0 aromatic heterocycles. The quantitative estimate of drug-likeness (QED) is 0.734. The van der Waals surface area contributed by atoms with Crippen LogP contribution in [0.2, 0.25) is 0 Å². The molecule has 18 heavy (non-hydrogen) atoms. The smallest absolute Gasteiger partial charge is 0.0249 e. The molecule has 3 heteroatoms. The second-order valence-corrected chi connectivity index (χ2v) is 7.82. The topological polar surface area (TPSA) is 20.3 Å². The van der Waals surface area contributed by atoms with E-state index in [0.29, 0.717) is 6.04 Å². The van der Waals surface area contributed by atoms with Gasteiger partial charge in [0.15, 0.2) is 0 Å². The lowest BCUT2D eigenvalue weighted by atomic mass is 9.79. The fourth-order valence-electron chi connectivity index (χ4n) is 3.38. The molecule has 1 aliphatic heterocycles. The second kappa shape index (κ2) is 6.33. The number of hydrogen-bond donors (Lipinski definition) is 0. The SMILES string of the molecule is CC1=CCC[C@H](C)[C@@H]1CN(C)C1CCS(=O)CC1. The molecule has 0 radical (unpaired) electrons. The Hall–Kier alpha value is -0.150. The molecule has 0 unspecified atom stereocenters. The van der Waals surface area contributed by atoms with Gasteiger partial charge in [-0.15, -0.1) is 0 Å². The summed E-state index contributed by atoms with van der Waals surface area (Å²) in [6, 6.07) is 0.657. The highest BCUT2D eigenvalue weighted by Gasteiger charge is 2.27. The van der Waals surface area contributed by atoms with Gasteiger partial charge in [-0.1, -0.05) is 18.6 Å². The van der Waals surface area contributed by atoms with Crippen LogP contribution in [0.25, 0.3) is 0 Å². The summed E-state index contributed by atoms with van der Waals surface area (Å²) < 4.78 is 11.4. The average Bonchev–Trinajstić information content (AvgIpc) is 2.34. The summed E-state index contributed by atoms with van der Waals surface area (Å²) in [6.07, 6.45) is 7.26. The molecule has 0 amide bonds. The van der Waals surface area contributed by atoms with Crippen LogP contribution < -0.4 is 0 Å². The van der Waals surface area contributed by atoms with Crippen molar-refractivity contribution in [1.82, 2.24) is 4.90 Å². The fourth-order valence-corrected chi connectivity index (χ4v) is 4.65. The Balaban J connectivity index is 1.90. The third kappa shape index (κ3) is 3.45. The highest BCUT2D eigenvalue weighted by molar-refractivity contribution is 7.85. The Morgan fingerprint density at radius 2 is 2.00 bits per heavy atom. The van der Waals surface area contributed by atoms with E-state index < -0.39 is 10.8 Å². The van der Waals surface area contributed by atoms with Gasteiger partial charge in [0.2, 0.25) is 0 Å². The van der Waals surface area contributed by atoms with E-state index in [1.165, 1.54) is 19.4 Å². The standard InChI is InChI=1S/C15H27NOS/c1-12-5-4-6-13(2)15(12)11-16(3)14-7-9-18(17)10-8-14/h5,13-15H,4,6-11H2,1-3H3/t13-,14?,15+,18?/m0/s1. The minimum atomic E-state index is -0.536. The van der Waals surface area contributed by atoms with Crippen LogP contribution in [0.15, 0.2) is 11.6 Å². The average molecular weight is 269 g/mol. The maximum Gasteiger partial charge on any atom is 0.0249 e. The van der Waals surface area contributed by atoms with Gasteiger partial charge in [0, 0.05) is 34.9 Å². The fraction of sp³-hybridized carbons (Fsp3) is 0.867. The van der Waals surface area contributed by atoms with Crippen LogP contribution in [0.5, 0.6) is 0 Å². The third-order valence-electron chi connectivity index (χ3n) is 4.83. The van der Waals surface area contributed by atoms with Crippen molar-refractivity contribution in [3.8, 4) is 0 Å². The van der Waals surface area contributed by atoms with Gasteiger partial charge in [-0.2, -0.15) is 0 Å². The van der Waals surface area contributed by atoms with E-state index in [2.05, 4.69) is 31.9 Å². The first kappa shape index (κ1) is 14.3. The van der Waals surface area contributed by atoms with Crippen molar-refractivity contribution < 1.29 is 4.21 Å². The van der Waals surface area contributed by atoms with Crippen LogP contribution in [-0.4, -0.2) is 40.2 Å². The van der Waals surface area contributed by atoms with Crippen LogP contribution >= 0.6 is 0 Å². The maximum atomic E-state index is 11.4. The summed E-state index contributed by atoms with van der Waals surface area (Å²) in [5, 5.41) is 0. The van der Waals surface area contributed by atoms with Gasteiger partial charge >= 0.3 is 0 Å². The molecule has 2 aliphatic rings. The van der Waals surface area contributed by atoms with Crippen LogP contribution in [0, 0.1) is 11.8 Å². The van der Waals surface area contributed by atoms with Crippen LogP contribution in [0.1, 0.15) is 39.5 Å². The Kier molecular flexibility index (Phi) is 5.02. The molecule has 0 bridgehead atoms. The van der Waals surface area contributed by atoms with Crippen molar-refractivity contribution in [2.75, 3.05) is 25.1 Å². The number of allylic oxidation sites excluding steroid dienone is 1. The zero-order valence-electron chi connectivity index (χ0n) is 12.0. The Morgan fingerprint density at radius 3 is 2.61 bits per heavy atom. The zero-order chi connectivity index (χ0) is 13.1. The molecule has 1 aliphatic carbocycles. The van der Waals surface area contributed by atoms with Crippen molar-refractivity contribution in [3.63, 3.8) is 0 Å². The van der Waals surface area contributed by atoms with Gasteiger partial charge in [-0.05, 0) is 51.5 Å². The summed E-state index contributed by atoms with van der Waals surface area (Å²) in [5.41, 5.74) is 1.58.